The van der Waals surface area contributed by atoms with Gasteiger partial charge in [-0.3, -0.25) is 9.69 Å². The van der Waals surface area contributed by atoms with Gasteiger partial charge in [-0.25, -0.2) is 0 Å². The number of ether oxygens (including phenoxy) is 1. The number of carbonyl (C=O) groups is 1. The van der Waals surface area contributed by atoms with Crippen LogP contribution in [-0.4, -0.2) is 54.9 Å². The molecule has 1 fully saturated rings. The van der Waals surface area contributed by atoms with Gasteiger partial charge in [0, 0.05) is 32.0 Å². The first-order valence-electron chi connectivity index (χ1n) is 8.55. The Bertz CT molecular complexity index is 485. The van der Waals surface area contributed by atoms with Gasteiger partial charge in [-0.05, 0) is 43.4 Å². The Morgan fingerprint density at radius 2 is 2.17 bits per heavy atom. The molecule has 1 aliphatic heterocycles. The molecule has 0 radical (unpaired) electrons. The van der Waals surface area contributed by atoms with Gasteiger partial charge in [0.05, 0.1) is 12.6 Å². The molecule has 0 aromatic heterocycles. The van der Waals surface area contributed by atoms with Crippen molar-refractivity contribution in [2.75, 3.05) is 38.2 Å². The molecule has 1 aliphatic rings. The number of likely N-dealkylation sites (tertiary alicyclic amines) is 1. The van der Waals surface area contributed by atoms with Gasteiger partial charge in [-0.2, -0.15) is 0 Å². The van der Waals surface area contributed by atoms with E-state index in [4.69, 9.17) is 9.84 Å². The van der Waals surface area contributed by atoms with E-state index in [1.54, 1.807) is 0 Å². The van der Waals surface area contributed by atoms with Crippen molar-refractivity contribution >= 4 is 11.6 Å². The lowest BCUT2D eigenvalue weighted by Gasteiger charge is -2.31. The molecule has 128 valence electrons. The molecule has 1 saturated heterocycles. The van der Waals surface area contributed by atoms with E-state index in [1.165, 1.54) is 5.56 Å². The van der Waals surface area contributed by atoms with Gasteiger partial charge in [0.2, 0.25) is 5.91 Å². The summed E-state index contributed by atoms with van der Waals surface area (Å²) in [6.45, 7) is 5.10. The first kappa shape index (κ1) is 17.9. The summed E-state index contributed by atoms with van der Waals surface area (Å²) in [7, 11) is 0. The average Bonchev–Trinajstić information content (AvgIpc) is 2.57. The highest BCUT2D eigenvalue weighted by Gasteiger charge is 2.21. The quantitative estimate of drug-likeness (QED) is 0.720. The summed E-state index contributed by atoms with van der Waals surface area (Å²) in [6.07, 6.45) is 3.82. The Balaban J connectivity index is 1.70. The van der Waals surface area contributed by atoms with E-state index in [1.807, 2.05) is 18.2 Å². The van der Waals surface area contributed by atoms with Crippen LogP contribution < -0.4 is 5.32 Å². The van der Waals surface area contributed by atoms with E-state index in [9.17, 15) is 4.79 Å². The van der Waals surface area contributed by atoms with E-state index in [-0.39, 0.29) is 18.6 Å². The summed E-state index contributed by atoms with van der Waals surface area (Å²) in [4.78, 5) is 14.3. The first-order valence-corrected chi connectivity index (χ1v) is 8.55. The highest BCUT2D eigenvalue weighted by atomic mass is 16.5. The Kier molecular flexibility index (Phi) is 7.52. The Hall–Kier alpha value is -1.43. The van der Waals surface area contributed by atoms with Crippen molar-refractivity contribution in [1.29, 1.82) is 0 Å². The molecular formula is C18H28N2O3. The molecule has 5 nitrogen and oxygen atoms in total. The fourth-order valence-electron chi connectivity index (χ4n) is 2.82. The number of benzene rings is 1. The molecule has 0 spiro atoms. The average molecular weight is 320 g/mol. The third kappa shape index (κ3) is 6.29. The van der Waals surface area contributed by atoms with Crippen LogP contribution in [0.3, 0.4) is 0 Å². The van der Waals surface area contributed by atoms with Crippen molar-refractivity contribution in [3.63, 3.8) is 0 Å². The van der Waals surface area contributed by atoms with Gasteiger partial charge < -0.3 is 15.2 Å². The third-order valence-corrected chi connectivity index (χ3v) is 4.18. The van der Waals surface area contributed by atoms with Crippen LogP contribution in [0.25, 0.3) is 0 Å². The lowest BCUT2D eigenvalue weighted by Crippen LogP contribution is -2.41. The normalized spacial score (nSPS) is 16.4. The van der Waals surface area contributed by atoms with Crippen molar-refractivity contribution in [1.82, 2.24) is 4.90 Å². The van der Waals surface area contributed by atoms with E-state index in [0.29, 0.717) is 19.6 Å². The predicted molar refractivity (Wildman–Crippen MR) is 91.6 cm³/mol. The Morgan fingerprint density at radius 3 is 2.87 bits per heavy atom. The van der Waals surface area contributed by atoms with Crippen molar-refractivity contribution < 1.29 is 14.6 Å². The van der Waals surface area contributed by atoms with Crippen molar-refractivity contribution in [3.8, 4) is 0 Å². The van der Waals surface area contributed by atoms with Crippen molar-refractivity contribution in [2.45, 2.75) is 38.7 Å². The number of aryl methyl sites for hydroxylation is 1. The number of hydrogen-bond donors (Lipinski definition) is 2. The number of nitrogens with zero attached hydrogens (tertiary/aromatic N) is 1. The minimum atomic E-state index is 0.0397. The summed E-state index contributed by atoms with van der Waals surface area (Å²) in [5.41, 5.74) is 2.10. The zero-order chi connectivity index (χ0) is 16.5. The minimum Gasteiger partial charge on any atom is -0.396 e. The molecule has 5 heteroatoms. The van der Waals surface area contributed by atoms with Crippen LogP contribution >= 0.6 is 0 Å². The smallest absolute Gasteiger partial charge is 0.238 e. The van der Waals surface area contributed by atoms with Crippen LogP contribution in [-0.2, 0) is 16.0 Å². The zero-order valence-corrected chi connectivity index (χ0v) is 14.0. The third-order valence-electron chi connectivity index (χ3n) is 4.18. The molecule has 23 heavy (non-hydrogen) atoms. The lowest BCUT2D eigenvalue weighted by molar-refractivity contribution is -0.118. The standard InChI is InChI=1S/C18H28N2O3/c1-2-15-5-3-6-16(13-15)19-18(22)14-20-9-7-17(8-10-20)23-12-4-11-21/h3,5-6,13,17,21H,2,4,7-12,14H2,1H3,(H,19,22). The summed E-state index contributed by atoms with van der Waals surface area (Å²) in [5, 5.41) is 11.7. The highest BCUT2D eigenvalue weighted by Crippen LogP contribution is 2.15. The summed E-state index contributed by atoms with van der Waals surface area (Å²) < 4.78 is 5.71. The maximum absolute atomic E-state index is 12.2. The summed E-state index contributed by atoms with van der Waals surface area (Å²) in [6, 6.07) is 8.00. The van der Waals surface area contributed by atoms with Crippen LogP contribution in [0.2, 0.25) is 0 Å². The number of anilines is 1. The molecule has 0 atom stereocenters. The number of hydrogen-bond acceptors (Lipinski definition) is 4. The SMILES string of the molecule is CCc1cccc(NC(=O)CN2CCC(OCCCO)CC2)c1. The van der Waals surface area contributed by atoms with Crippen LogP contribution in [0.5, 0.6) is 0 Å². The van der Waals surface area contributed by atoms with E-state index in [0.717, 1.165) is 38.0 Å². The van der Waals surface area contributed by atoms with Gasteiger partial charge in [-0.15, -0.1) is 0 Å². The number of aliphatic hydroxyl groups excluding tert-OH is 1. The van der Waals surface area contributed by atoms with Gasteiger partial charge in [-0.1, -0.05) is 19.1 Å². The molecule has 0 unspecified atom stereocenters. The molecule has 0 saturated carbocycles. The van der Waals surface area contributed by atoms with Gasteiger partial charge in [0.25, 0.3) is 0 Å². The van der Waals surface area contributed by atoms with Gasteiger partial charge >= 0.3 is 0 Å². The predicted octanol–water partition coefficient (Wildman–Crippen LogP) is 2.05. The van der Waals surface area contributed by atoms with Crippen molar-refractivity contribution in [3.05, 3.63) is 29.8 Å². The number of amides is 1. The minimum absolute atomic E-state index is 0.0397. The molecule has 2 N–H and O–H groups in total. The van der Waals surface area contributed by atoms with Crippen LogP contribution in [0.15, 0.2) is 24.3 Å². The Morgan fingerprint density at radius 1 is 1.39 bits per heavy atom. The fourth-order valence-corrected chi connectivity index (χ4v) is 2.82. The number of aliphatic hydroxyl groups is 1. The highest BCUT2D eigenvalue weighted by molar-refractivity contribution is 5.92. The molecule has 0 bridgehead atoms. The van der Waals surface area contributed by atoms with Crippen molar-refractivity contribution in [2.24, 2.45) is 0 Å². The largest absolute Gasteiger partial charge is 0.396 e. The molecule has 1 amide bonds. The Labute approximate surface area is 138 Å². The lowest BCUT2D eigenvalue weighted by atomic mass is 10.1. The second-order valence-electron chi connectivity index (χ2n) is 6.03. The van der Waals surface area contributed by atoms with Crippen LogP contribution in [0.1, 0.15) is 31.7 Å². The van der Waals surface area contributed by atoms with Crippen LogP contribution in [0, 0.1) is 0 Å². The second kappa shape index (κ2) is 9.65. The van der Waals surface area contributed by atoms with E-state index in [2.05, 4.69) is 23.2 Å². The molecule has 0 aliphatic carbocycles. The fraction of sp³-hybridized carbons (Fsp3) is 0.611. The van der Waals surface area contributed by atoms with Gasteiger partial charge in [0.1, 0.15) is 0 Å². The summed E-state index contributed by atoms with van der Waals surface area (Å²) >= 11 is 0. The van der Waals surface area contributed by atoms with Crippen LogP contribution in [0.4, 0.5) is 5.69 Å². The number of nitrogens with one attached hydrogen (secondary N) is 1. The van der Waals surface area contributed by atoms with E-state index >= 15 is 0 Å². The molecule has 1 heterocycles. The van der Waals surface area contributed by atoms with Gasteiger partial charge in [0.15, 0.2) is 0 Å². The molecule has 2 rings (SSSR count). The number of carbonyl (C=O) groups excluding carboxylic acids is 1. The maximum atomic E-state index is 12.2. The second-order valence-corrected chi connectivity index (χ2v) is 6.03. The summed E-state index contributed by atoms with van der Waals surface area (Å²) in [5.74, 6) is 0.0397. The zero-order valence-electron chi connectivity index (χ0n) is 14.0. The number of piperidine rings is 1. The molecule has 1 aromatic carbocycles. The topological polar surface area (TPSA) is 61.8 Å². The monoisotopic (exact) mass is 320 g/mol. The number of rotatable bonds is 8. The molecular weight excluding hydrogens is 292 g/mol. The maximum Gasteiger partial charge on any atom is 0.238 e. The first-order chi connectivity index (χ1) is 11.2. The van der Waals surface area contributed by atoms with E-state index < -0.39 is 0 Å². The molecule has 1 aromatic rings.